The zero-order valence-electron chi connectivity index (χ0n) is 15.2. The van der Waals surface area contributed by atoms with Crippen LogP contribution in [0.2, 0.25) is 0 Å². The number of hydrogen-bond acceptors (Lipinski definition) is 7. The first-order chi connectivity index (χ1) is 14.2. The molecule has 0 fully saturated rings. The number of nitrogens with one attached hydrogen (secondary N) is 1. The maximum Gasteiger partial charge on any atom is 0.349 e. The smallest absolute Gasteiger partial charge is 0.349 e. The molecule has 0 saturated carbocycles. The van der Waals surface area contributed by atoms with E-state index in [4.69, 9.17) is 9.84 Å². The molecule has 0 amide bonds. The molecule has 3 aromatic rings. The fourth-order valence-corrected chi connectivity index (χ4v) is 3.10. The highest BCUT2D eigenvalue weighted by atomic mass is 79.9. The minimum absolute atomic E-state index is 0.103. The van der Waals surface area contributed by atoms with E-state index < -0.39 is 33.9 Å². The second-order valence-electron chi connectivity index (χ2n) is 6.04. The van der Waals surface area contributed by atoms with Crippen molar-refractivity contribution < 1.29 is 19.6 Å². The van der Waals surface area contributed by atoms with E-state index in [-0.39, 0.29) is 21.2 Å². The average Bonchev–Trinajstić information content (AvgIpc) is 2.69. The first-order valence-electron chi connectivity index (χ1n) is 8.35. The van der Waals surface area contributed by atoms with Crippen LogP contribution in [0.5, 0.6) is 5.75 Å². The zero-order chi connectivity index (χ0) is 22.0. The Morgan fingerprint density at radius 1 is 1.37 bits per heavy atom. The van der Waals surface area contributed by atoms with Gasteiger partial charge in [-0.25, -0.2) is 9.59 Å². The number of aromatic amines is 1. The first kappa shape index (κ1) is 20.9. The number of nitrogens with zero attached hydrogens (tertiary/aromatic N) is 3. The van der Waals surface area contributed by atoms with Crippen LogP contribution in [-0.2, 0) is 4.79 Å². The Bertz CT molecular complexity index is 1310. The van der Waals surface area contributed by atoms with E-state index in [2.05, 4.69) is 26.0 Å². The zero-order valence-corrected chi connectivity index (χ0v) is 16.8. The van der Waals surface area contributed by atoms with E-state index in [1.165, 1.54) is 19.1 Å². The minimum atomic E-state index is -1.32. The van der Waals surface area contributed by atoms with E-state index in [1.54, 1.807) is 18.2 Å². The lowest BCUT2D eigenvalue weighted by Crippen LogP contribution is -2.32. The van der Waals surface area contributed by atoms with Gasteiger partial charge in [-0.2, -0.15) is 5.10 Å². The fraction of sp³-hybridized carbons (Fsp3) is 0.111. The number of rotatable bonds is 6. The summed E-state index contributed by atoms with van der Waals surface area (Å²) < 4.78 is 5.86. The Labute approximate surface area is 175 Å². The van der Waals surface area contributed by atoms with E-state index in [0.29, 0.717) is 10.2 Å². The molecule has 0 bridgehead atoms. The van der Waals surface area contributed by atoms with Crippen LogP contribution >= 0.6 is 15.9 Å². The lowest BCUT2D eigenvalue weighted by molar-refractivity contribution is -0.386. The molecule has 2 aromatic carbocycles. The molecule has 0 aliphatic rings. The predicted octanol–water partition coefficient (Wildman–Crippen LogP) is 2.09. The fourth-order valence-electron chi connectivity index (χ4n) is 2.54. The highest BCUT2D eigenvalue weighted by molar-refractivity contribution is 9.10. The van der Waals surface area contributed by atoms with E-state index in [1.807, 2.05) is 0 Å². The Balaban J connectivity index is 2.06. The molecule has 0 radical (unpaired) electrons. The van der Waals surface area contributed by atoms with Gasteiger partial charge in [0.25, 0.3) is 5.56 Å². The second kappa shape index (κ2) is 8.29. The number of para-hydroxylation sites is 1. The normalized spacial score (nSPS) is 12.2. The third kappa shape index (κ3) is 4.12. The van der Waals surface area contributed by atoms with Crippen LogP contribution in [0.15, 0.2) is 55.6 Å². The molecule has 30 heavy (non-hydrogen) atoms. The third-order valence-corrected chi connectivity index (χ3v) is 4.58. The minimum Gasteiger partial charge on any atom is -0.479 e. The summed E-state index contributed by atoms with van der Waals surface area (Å²) in [5, 5.41) is 24.5. The Kier molecular flexibility index (Phi) is 5.78. The van der Waals surface area contributed by atoms with Crippen LogP contribution in [-0.4, -0.2) is 38.0 Å². The number of aromatic nitrogens is 2. The van der Waals surface area contributed by atoms with Gasteiger partial charge in [-0.3, -0.25) is 14.9 Å². The number of carboxylic acid groups (broad SMARTS) is 1. The molecule has 154 valence electrons. The van der Waals surface area contributed by atoms with Crippen LogP contribution in [0, 0.1) is 10.1 Å². The van der Waals surface area contributed by atoms with E-state index in [9.17, 15) is 24.5 Å². The number of hydrogen-bond donors (Lipinski definition) is 2. The average molecular weight is 477 g/mol. The van der Waals surface area contributed by atoms with Gasteiger partial charge in [-0.05, 0) is 41.1 Å². The highest BCUT2D eigenvalue weighted by Crippen LogP contribution is 2.36. The number of aliphatic carboxylic acids is 1. The second-order valence-corrected chi connectivity index (χ2v) is 6.90. The molecule has 1 heterocycles. The number of carboxylic acids is 1. The SMILES string of the molecule is C[C@H](Oc1c(Br)cc(C=Nn2c(=O)[nH]c3ccccc3c2=O)cc1[N+](=O)[O-])C(=O)O. The van der Waals surface area contributed by atoms with Crippen molar-refractivity contribution in [3.05, 3.63) is 77.4 Å². The van der Waals surface area contributed by atoms with Gasteiger partial charge in [-0.1, -0.05) is 12.1 Å². The molecule has 0 spiro atoms. The molecular formula is C18H13BrN4O7. The van der Waals surface area contributed by atoms with Crippen molar-refractivity contribution in [2.45, 2.75) is 13.0 Å². The predicted molar refractivity (Wildman–Crippen MR) is 110 cm³/mol. The van der Waals surface area contributed by atoms with Crippen LogP contribution in [0.3, 0.4) is 0 Å². The summed E-state index contributed by atoms with van der Waals surface area (Å²) in [5.41, 5.74) is -1.43. The molecule has 0 saturated heterocycles. The summed E-state index contributed by atoms with van der Waals surface area (Å²) in [6.45, 7) is 1.23. The number of ether oxygens (including phenoxy) is 1. The summed E-state index contributed by atoms with van der Waals surface area (Å²) in [5.74, 6) is -1.57. The highest BCUT2D eigenvalue weighted by Gasteiger charge is 2.24. The van der Waals surface area contributed by atoms with Crippen molar-refractivity contribution >= 4 is 44.7 Å². The summed E-state index contributed by atoms with van der Waals surface area (Å²) in [7, 11) is 0. The van der Waals surface area contributed by atoms with Gasteiger partial charge < -0.3 is 14.8 Å². The van der Waals surface area contributed by atoms with Crippen molar-refractivity contribution in [3.8, 4) is 5.75 Å². The number of carbonyl (C=O) groups is 1. The standard InChI is InChI=1S/C18H13BrN4O7/c1-9(17(25)26)30-15-12(19)6-10(7-14(15)23(28)29)8-20-22-16(24)11-4-2-3-5-13(11)21-18(22)27/h2-9H,1H3,(H,21,27)(H,25,26)/t9-/m0/s1. The van der Waals surface area contributed by atoms with Gasteiger partial charge in [0.15, 0.2) is 6.10 Å². The monoisotopic (exact) mass is 476 g/mol. The topological polar surface area (TPSA) is 157 Å². The maximum atomic E-state index is 12.5. The molecule has 11 nitrogen and oxygen atoms in total. The van der Waals surface area contributed by atoms with Gasteiger partial charge in [0.1, 0.15) is 0 Å². The molecule has 3 rings (SSSR count). The molecule has 0 aliphatic heterocycles. The number of halogens is 1. The van der Waals surface area contributed by atoms with Crippen molar-refractivity contribution in [3.63, 3.8) is 0 Å². The van der Waals surface area contributed by atoms with Crippen molar-refractivity contribution in [2.24, 2.45) is 5.10 Å². The molecule has 12 heteroatoms. The van der Waals surface area contributed by atoms with Crippen molar-refractivity contribution in [1.29, 1.82) is 0 Å². The summed E-state index contributed by atoms with van der Waals surface area (Å²) in [4.78, 5) is 48.8. The van der Waals surface area contributed by atoms with Gasteiger partial charge in [0, 0.05) is 11.6 Å². The number of nitro benzene ring substituents is 1. The molecular weight excluding hydrogens is 464 g/mol. The van der Waals surface area contributed by atoms with Gasteiger partial charge in [-0.15, -0.1) is 4.68 Å². The molecule has 1 atom stereocenters. The summed E-state index contributed by atoms with van der Waals surface area (Å²) in [6.07, 6.45) is -0.234. The van der Waals surface area contributed by atoms with Crippen LogP contribution in [0.25, 0.3) is 10.9 Å². The largest absolute Gasteiger partial charge is 0.479 e. The Morgan fingerprint density at radius 3 is 2.73 bits per heavy atom. The van der Waals surface area contributed by atoms with Gasteiger partial charge in [0.05, 0.1) is 26.5 Å². The summed E-state index contributed by atoms with van der Waals surface area (Å²) in [6, 6.07) is 8.85. The first-order valence-corrected chi connectivity index (χ1v) is 9.14. The third-order valence-electron chi connectivity index (χ3n) is 3.99. The number of H-pyrrole nitrogens is 1. The van der Waals surface area contributed by atoms with Crippen LogP contribution in [0.1, 0.15) is 12.5 Å². The molecule has 0 unspecified atom stereocenters. The van der Waals surface area contributed by atoms with Gasteiger partial charge in [0.2, 0.25) is 5.75 Å². The van der Waals surface area contributed by atoms with Crippen molar-refractivity contribution in [1.82, 2.24) is 9.66 Å². The van der Waals surface area contributed by atoms with Gasteiger partial charge >= 0.3 is 17.3 Å². The Hall–Kier alpha value is -3.80. The number of benzene rings is 2. The van der Waals surface area contributed by atoms with Crippen LogP contribution < -0.4 is 16.0 Å². The number of fused-ring (bicyclic) bond motifs is 1. The maximum absolute atomic E-state index is 12.5. The summed E-state index contributed by atoms with van der Waals surface area (Å²) >= 11 is 3.11. The van der Waals surface area contributed by atoms with Crippen LogP contribution in [0.4, 0.5) is 5.69 Å². The lowest BCUT2D eigenvalue weighted by atomic mass is 10.2. The quantitative estimate of drug-likeness (QED) is 0.313. The molecule has 1 aromatic heterocycles. The number of nitro groups is 1. The molecule has 0 aliphatic carbocycles. The van der Waals surface area contributed by atoms with E-state index >= 15 is 0 Å². The lowest BCUT2D eigenvalue weighted by Gasteiger charge is -2.12. The Morgan fingerprint density at radius 2 is 2.07 bits per heavy atom. The molecule has 2 N–H and O–H groups in total. The van der Waals surface area contributed by atoms with E-state index in [0.717, 1.165) is 12.3 Å². The van der Waals surface area contributed by atoms with Crippen molar-refractivity contribution in [2.75, 3.05) is 0 Å².